The molecule has 2 aromatic carbocycles. The van der Waals surface area contributed by atoms with Crippen LogP contribution < -0.4 is 10.1 Å². The zero-order valence-corrected chi connectivity index (χ0v) is 17.0. The fourth-order valence-corrected chi connectivity index (χ4v) is 3.50. The number of carbonyl (C=O) groups excluding carboxylic acids is 1. The van der Waals surface area contributed by atoms with Crippen molar-refractivity contribution in [3.63, 3.8) is 0 Å². The van der Waals surface area contributed by atoms with E-state index in [2.05, 4.69) is 40.2 Å². The molecule has 1 aliphatic rings. The van der Waals surface area contributed by atoms with Gasteiger partial charge in [-0.2, -0.15) is 0 Å². The van der Waals surface area contributed by atoms with Gasteiger partial charge in [-0.3, -0.25) is 9.69 Å². The lowest BCUT2D eigenvalue weighted by Crippen LogP contribution is -2.45. The van der Waals surface area contributed by atoms with Gasteiger partial charge >= 0.3 is 0 Å². The Balaban J connectivity index is 1.49. The zero-order chi connectivity index (χ0) is 19.8. The smallest absolute Gasteiger partial charge is 0.258 e. The van der Waals surface area contributed by atoms with Crippen molar-refractivity contribution in [2.24, 2.45) is 0 Å². The predicted molar refractivity (Wildman–Crippen MR) is 112 cm³/mol. The summed E-state index contributed by atoms with van der Waals surface area (Å²) >= 11 is 0. The highest BCUT2D eigenvalue weighted by atomic mass is 16.5. The van der Waals surface area contributed by atoms with Crippen LogP contribution in [0.25, 0.3) is 0 Å². The second-order valence-corrected chi connectivity index (χ2v) is 7.31. The molecule has 0 aliphatic carbocycles. The molecule has 1 aliphatic heterocycles. The summed E-state index contributed by atoms with van der Waals surface area (Å²) in [6.07, 6.45) is 0. The summed E-state index contributed by atoms with van der Waals surface area (Å²) in [4.78, 5) is 17.2. The standard InChI is InChI=1S/C23H31N3O2/c1-3-25-12-14-26(15-13-25)17-21-10-6-5-9-20(21)16-24-23(27)18-28-22-11-7-4-8-19(22)2/h4-11H,3,12-18H2,1-2H3,(H,24,27). The molecule has 0 atom stereocenters. The number of nitrogens with one attached hydrogen (secondary N) is 1. The van der Waals surface area contributed by atoms with E-state index < -0.39 is 0 Å². The summed E-state index contributed by atoms with van der Waals surface area (Å²) < 4.78 is 5.63. The molecular formula is C23H31N3O2. The number of hydrogen-bond donors (Lipinski definition) is 1. The fraction of sp³-hybridized carbons (Fsp3) is 0.435. The third kappa shape index (κ3) is 5.81. The Labute approximate surface area is 168 Å². The first-order valence-electron chi connectivity index (χ1n) is 10.1. The van der Waals surface area contributed by atoms with Crippen LogP contribution in [-0.4, -0.2) is 55.0 Å². The van der Waals surface area contributed by atoms with Crippen molar-refractivity contribution >= 4 is 5.91 Å². The van der Waals surface area contributed by atoms with Gasteiger partial charge in [-0.25, -0.2) is 0 Å². The van der Waals surface area contributed by atoms with Crippen LogP contribution in [0.4, 0.5) is 0 Å². The van der Waals surface area contributed by atoms with E-state index in [9.17, 15) is 4.79 Å². The lowest BCUT2D eigenvalue weighted by molar-refractivity contribution is -0.123. The number of benzene rings is 2. The molecule has 0 bridgehead atoms. The average molecular weight is 382 g/mol. The van der Waals surface area contributed by atoms with E-state index >= 15 is 0 Å². The molecule has 28 heavy (non-hydrogen) atoms. The predicted octanol–water partition coefficient (Wildman–Crippen LogP) is 2.83. The van der Waals surface area contributed by atoms with Gasteiger partial charge in [-0.15, -0.1) is 0 Å². The topological polar surface area (TPSA) is 44.8 Å². The summed E-state index contributed by atoms with van der Waals surface area (Å²) in [5.41, 5.74) is 3.49. The largest absolute Gasteiger partial charge is 0.484 e. The molecule has 1 N–H and O–H groups in total. The van der Waals surface area contributed by atoms with Gasteiger partial charge in [0.1, 0.15) is 5.75 Å². The van der Waals surface area contributed by atoms with Crippen molar-refractivity contribution in [1.29, 1.82) is 0 Å². The van der Waals surface area contributed by atoms with Gasteiger partial charge in [-0.05, 0) is 36.2 Å². The monoisotopic (exact) mass is 381 g/mol. The summed E-state index contributed by atoms with van der Waals surface area (Å²) in [5, 5.41) is 2.99. The summed E-state index contributed by atoms with van der Waals surface area (Å²) in [7, 11) is 0. The minimum absolute atomic E-state index is 0.0337. The van der Waals surface area contributed by atoms with Crippen LogP contribution in [0.15, 0.2) is 48.5 Å². The maximum Gasteiger partial charge on any atom is 0.258 e. The normalized spacial score (nSPS) is 15.4. The van der Waals surface area contributed by atoms with Crippen molar-refractivity contribution in [3.05, 3.63) is 65.2 Å². The Bertz CT molecular complexity index is 770. The molecule has 0 aromatic heterocycles. The first-order valence-corrected chi connectivity index (χ1v) is 10.1. The first kappa shape index (κ1) is 20.4. The van der Waals surface area contributed by atoms with Crippen LogP contribution in [0.5, 0.6) is 5.75 Å². The van der Waals surface area contributed by atoms with E-state index in [-0.39, 0.29) is 12.5 Å². The molecule has 0 saturated carbocycles. The molecule has 2 aromatic rings. The molecule has 1 fully saturated rings. The van der Waals surface area contributed by atoms with Gasteiger partial charge < -0.3 is 15.0 Å². The Morgan fingerprint density at radius 2 is 1.61 bits per heavy atom. The van der Waals surface area contributed by atoms with Gasteiger partial charge in [0.05, 0.1) is 0 Å². The fourth-order valence-electron chi connectivity index (χ4n) is 3.50. The van der Waals surface area contributed by atoms with Gasteiger partial charge in [0.2, 0.25) is 0 Å². The molecule has 3 rings (SSSR count). The van der Waals surface area contributed by atoms with E-state index in [1.807, 2.05) is 37.3 Å². The first-order chi connectivity index (χ1) is 13.7. The van der Waals surface area contributed by atoms with Crippen molar-refractivity contribution in [2.45, 2.75) is 26.9 Å². The SMILES string of the molecule is CCN1CCN(Cc2ccccc2CNC(=O)COc2ccccc2C)CC1. The summed E-state index contributed by atoms with van der Waals surface area (Å²) in [5.74, 6) is 0.652. The Morgan fingerprint density at radius 3 is 2.32 bits per heavy atom. The van der Waals surface area contributed by atoms with Crippen LogP contribution in [0.2, 0.25) is 0 Å². The summed E-state index contributed by atoms with van der Waals surface area (Å²) in [6.45, 7) is 11.3. The van der Waals surface area contributed by atoms with E-state index in [1.165, 1.54) is 11.1 Å². The molecule has 1 saturated heterocycles. The number of amides is 1. The number of rotatable bonds is 8. The summed E-state index contributed by atoms with van der Waals surface area (Å²) in [6, 6.07) is 16.1. The van der Waals surface area contributed by atoms with E-state index in [0.29, 0.717) is 6.54 Å². The van der Waals surface area contributed by atoms with Crippen LogP contribution >= 0.6 is 0 Å². The zero-order valence-electron chi connectivity index (χ0n) is 17.0. The van der Waals surface area contributed by atoms with Crippen molar-refractivity contribution in [3.8, 4) is 5.75 Å². The van der Waals surface area contributed by atoms with E-state index in [4.69, 9.17) is 4.74 Å². The second-order valence-electron chi connectivity index (χ2n) is 7.31. The number of hydrogen-bond acceptors (Lipinski definition) is 4. The van der Waals surface area contributed by atoms with Crippen LogP contribution in [0.1, 0.15) is 23.6 Å². The molecule has 0 radical (unpaired) electrons. The lowest BCUT2D eigenvalue weighted by atomic mass is 10.1. The second kappa shape index (κ2) is 10.2. The number of likely N-dealkylation sites (N-methyl/N-ethyl adjacent to an activating group) is 1. The molecule has 5 heteroatoms. The molecule has 5 nitrogen and oxygen atoms in total. The Morgan fingerprint density at radius 1 is 0.964 bits per heavy atom. The molecule has 0 spiro atoms. The molecule has 1 heterocycles. The van der Waals surface area contributed by atoms with Crippen molar-refractivity contribution in [1.82, 2.24) is 15.1 Å². The lowest BCUT2D eigenvalue weighted by Gasteiger charge is -2.34. The number of carbonyl (C=O) groups is 1. The highest BCUT2D eigenvalue weighted by Gasteiger charge is 2.16. The molecule has 1 amide bonds. The van der Waals surface area contributed by atoms with Crippen LogP contribution in [0, 0.1) is 6.92 Å². The number of piperazine rings is 1. The highest BCUT2D eigenvalue weighted by molar-refractivity contribution is 5.77. The number of para-hydroxylation sites is 1. The quantitative estimate of drug-likeness (QED) is 0.764. The van der Waals surface area contributed by atoms with E-state index in [0.717, 1.165) is 50.6 Å². The van der Waals surface area contributed by atoms with Gasteiger partial charge in [0.15, 0.2) is 6.61 Å². The highest BCUT2D eigenvalue weighted by Crippen LogP contribution is 2.16. The van der Waals surface area contributed by atoms with Crippen LogP contribution in [0.3, 0.4) is 0 Å². The van der Waals surface area contributed by atoms with Crippen molar-refractivity contribution in [2.75, 3.05) is 39.3 Å². The Kier molecular flexibility index (Phi) is 7.46. The Hall–Kier alpha value is -2.37. The maximum atomic E-state index is 12.2. The number of aryl methyl sites for hydroxylation is 1. The van der Waals surface area contributed by atoms with E-state index in [1.54, 1.807) is 0 Å². The minimum Gasteiger partial charge on any atom is -0.484 e. The van der Waals surface area contributed by atoms with Gasteiger partial charge in [0, 0.05) is 39.3 Å². The van der Waals surface area contributed by atoms with Gasteiger partial charge in [-0.1, -0.05) is 49.4 Å². The molecule has 150 valence electrons. The average Bonchev–Trinajstić information content (AvgIpc) is 2.73. The number of nitrogens with zero attached hydrogens (tertiary/aromatic N) is 2. The minimum atomic E-state index is -0.102. The molecular weight excluding hydrogens is 350 g/mol. The maximum absolute atomic E-state index is 12.2. The van der Waals surface area contributed by atoms with Gasteiger partial charge in [0.25, 0.3) is 5.91 Å². The third-order valence-electron chi connectivity index (χ3n) is 5.35. The van der Waals surface area contributed by atoms with Crippen LogP contribution in [-0.2, 0) is 17.9 Å². The van der Waals surface area contributed by atoms with Crippen molar-refractivity contribution < 1.29 is 9.53 Å². The molecule has 0 unspecified atom stereocenters. The third-order valence-corrected chi connectivity index (χ3v) is 5.35. The number of ether oxygens (including phenoxy) is 1.